The van der Waals surface area contributed by atoms with E-state index in [-0.39, 0.29) is 11.7 Å². The molecule has 1 amide bonds. The Hall–Kier alpha value is -3.93. The van der Waals surface area contributed by atoms with Gasteiger partial charge in [-0.25, -0.2) is 4.39 Å². The molecule has 4 aromatic rings. The largest absolute Gasteiger partial charge is 0.489 e. The van der Waals surface area contributed by atoms with E-state index >= 15 is 0 Å². The number of halogens is 1. The fourth-order valence-corrected chi connectivity index (χ4v) is 2.94. The summed E-state index contributed by atoms with van der Waals surface area (Å²) in [7, 11) is 0. The molecule has 1 heterocycles. The number of anilines is 1. The first-order valence-electron chi connectivity index (χ1n) is 9.51. The van der Waals surface area contributed by atoms with Crippen LogP contribution in [0.1, 0.15) is 21.5 Å². The van der Waals surface area contributed by atoms with Crippen molar-refractivity contribution in [1.82, 2.24) is 9.78 Å². The van der Waals surface area contributed by atoms with Gasteiger partial charge in [0.25, 0.3) is 5.91 Å². The molecule has 0 saturated carbocycles. The van der Waals surface area contributed by atoms with E-state index in [2.05, 4.69) is 10.4 Å². The van der Waals surface area contributed by atoms with Gasteiger partial charge in [-0.3, -0.25) is 9.48 Å². The molecule has 5 nitrogen and oxygen atoms in total. The van der Waals surface area contributed by atoms with E-state index in [0.29, 0.717) is 30.2 Å². The average molecular weight is 401 g/mol. The van der Waals surface area contributed by atoms with Crippen molar-refractivity contribution in [2.24, 2.45) is 0 Å². The van der Waals surface area contributed by atoms with Crippen LogP contribution in [0, 0.1) is 5.82 Å². The molecule has 0 spiro atoms. The molecule has 0 aliphatic heterocycles. The van der Waals surface area contributed by atoms with E-state index in [9.17, 15) is 9.18 Å². The van der Waals surface area contributed by atoms with Crippen molar-refractivity contribution in [2.45, 2.75) is 13.2 Å². The van der Waals surface area contributed by atoms with E-state index < -0.39 is 0 Å². The quantitative estimate of drug-likeness (QED) is 0.479. The van der Waals surface area contributed by atoms with E-state index in [0.717, 1.165) is 11.1 Å². The van der Waals surface area contributed by atoms with Crippen LogP contribution in [0.3, 0.4) is 0 Å². The van der Waals surface area contributed by atoms with Crippen molar-refractivity contribution < 1.29 is 13.9 Å². The highest BCUT2D eigenvalue weighted by Crippen LogP contribution is 2.15. The van der Waals surface area contributed by atoms with Gasteiger partial charge < -0.3 is 10.1 Å². The Balaban J connectivity index is 1.32. The Morgan fingerprint density at radius 1 is 0.933 bits per heavy atom. The minimum Gasteiger partial charge on any atom is -0.489 e. The Labute approximate surface area is 173 Å². The van der Waals surface area contributed by atoms with Crippen LogP contribution in [0.5, 0.6) is 5.75 Å². The van der Waals surface area contributed by atoms with Crippen molar-refractivity contribution >= 4 is 11.6 Å². The van der Waals surface area contributed by atoms with E-state index in [1.807, 2.05) is 42.5 Å². The van der Waals surface area contributed by atoms with Gasteiger partial charge >= 0.3 is 0 Å². The molecule has 0 unspecified atom stereocenters. The Morgan fingerprint density at radius 3 is 2.40 bits per heavy atom. The third-order valence-electron chi connectivity index (χ3n) is 4.51. The number of ether oxygens (including phenoxy) is 1. The summed E-state index contributed by atoms with van der Waals surface area (Å²) < 4.78 is 20.3. The van der Waals surface area contributed by atoms with Gasteiger partial charge in [0.15, 0.2) is 0 Å². The number of benzene rings is 3. The Morgan fingerprint density at radius 2 is 1.67 bits per heavy atom. The number of hydrogen-bond acceptors (Lipinski definition) is 3. The summed E-state index contributed by atoms with van der Waals surface area (Å²) in [5, 5.41) is 7.15. The number of rotatable bonds is 7. The van der Waals surface area contributed by atoms with Crippen LogP contribution in [0.25, 0.3) is 0 Å². The fraction of sp³-hybridized carbons (Fsp3) is 0.0833. The monoisotopic (exact) mass is 401 g/mol. The predicted molar refractivity (Wildman–Crippen MR) is 113 cm³/mol. The number of hydrogen-bond donors (Lipinski definition) is 1. The number of carbonyl (C=O) groups excluding carboxylic acids is 1. The molecule has 1 aromatic heterocycles. The lowest BCUT2D eigenvalue weighted by atomic mass is 10.1. The SMILES string of the molecule is O=C(Nc1cnn(Cc2ccccc2)c1)c1ccc(COc2ccc(F)cc2)cc1. The zero-order valence-electron chi connectivity index (χ0n) is 16.2. The summed E-state index contributed by atoms with van der Waals surface area (Å²) in [6, 6.07) is 23.0. The molecule has 4 rings (SSSR count). The van der Waals surface area contributed by atoms with Crippen LogP contribution in [-0.2, 0) is 13.2 Å². The van der Waals surface area contributed by atoms with Gasteiger partial charge in [-0.05, 0) is 47.5 Å². The minimum absolute atomic E-state index is 0.208. The molecular formula is C24H20FN3O2. The van der Waals surface area contributed by atoms with Gasteiger partial charge in [0.05, 0.1) is 18.4 Å². The summed E-state index contributed by atoms with van der Waals surface area (Å²) in [5.74, 6) is 0.0781. The van der Waals surface area contributed by atoms with E-state index in [1.54, 1.807) is 41.3 Å². The molecule has 150 valence electrons. The lowest BCUT2D eigenvalue weighted by Crippen LogP contribution is -2.11. The van der Waals surface area contributed by atoms with Crippen molar-refractivity contribution in [3.63, 3.8) is 0 Å². The molecule has 0 aliphatic carbocycles. The third kappa shape index (κ3) is 5.11. The molecule has 0 aliphatic rings. The number of aromatic nitrogens is 2. The number of nitrogens with zero attached hydrogens (tertiary/aromatic N) is 2. The lowest BCUT2D eigenvalue weighted by molar-refractivity contribution is 0.102. The summed E-state index contributed by atoms with van der Waals surface area (Å²) in [4.78, 5) is 12.5. The van der Waals surface area contributed by atoms with Gasteiger partial charge in [-0.2, -0.15) is 5.10 Å². The van der Waals surface area contributed by atoms with E-state index in [1.165, 1.54) is 12.1 Å². The molecular weight excluding hydrogens is 381 g/mol. The van der Waals surface area contributed by atoms with Gasteiger partial charge in [0.2, 0.25) is 0 Å². The molecule has 30 heavy (non-hydrogen) atoms. The second-order valence-corrected chi connectivity index (χ2v) is 6.81. The van der Waals surface area contributed by atoms with Gasteiger partial charge in [-0.1, -0.05) is 42.5 Å². The van der Waals surface area contributed by atoms with Crippen molar-refractivity contribution in [1.29, 1.82) is 0 Å². The topological polar surface area (TPSA) is 56.2 Å². The third-order valence-corrected chi connectivity index (χ3v) is 4.51. The highest BCUT2D eigenvalue weighted by atomic mass is 19.1. The fourth-order valence-electron chi connectivity index (χ4n) is 2.94. The highest BCUT2D eigenvalue weighted by molar-refractivity contribution is 6.04. The normalized spacial score (nSPS) is 10.6. The molecule has 0 atom stereocenters. The smallest absolute Gasteiger partial charge is 0.255 e. The van der Waals surface area contributed by atoms with E-state index in [4.69, 9.17) is 4.74 Å². The van der Waals surface area contributed by atoms with Crippen LogP contribution in [0.2, 0.25) is 0 Å². The second-order valence-electron chi connectivity index (χ2n) is 6.81. The van der Waals surface area contributed by atoms with Crippen LogP contribution in [-0.4, -0.2) is 15.7 Å². The van der Waals surface area contributed by atoms with Gasteiger partial charge in [0.1, 0.15) is 18.2 Å². The zero-order chi connectivity index (χ0) is 20.8. The van der Waals surface area contributed by atoms with Crippen LogP contribution < -0.4 is 10.1 Å². The predicted octanol–water partition coefficient (Wildman–Crippen LogP) is 4.90. The summed E-state index contributed by atoms with van der Waals surface area (Å²) in [6.07, 6.45) is 3.43. The summed E-state index contributed by atoms with van der Waals surface area (Å²) in [6.45, 7) is 0.971. The summed E-state index contributed by atoms with van der Waals surface area (Å²) >= 11 is 0. The standard InChI is InChI=1S/C24H20FN3O2/c25-21-10-12-23(13-11-21)30-17-19-6-8-20(9-7-19)24(29)27-22-14-26-28(16-22)15-18-4-2-1-3-5-18/h1-14,16H,15,17H2,(H,27,29). The first kappa shape index (κ1) is 19.4. The van der Waals surface area contributed by atoms with Crippen LogP contribution in [0.4, 0.5) is 10.1 Å². The van der Waals surface area contributed by atoms with Crippen LogP contribution in [0.15, 0.2) is 91.3 Å². The maximum absolute atomic E-state index is 12.9. The summed E-state index contributed by atoms with van der Waals surface area (Å²) in [5.41, 5.74) is 3.22. The van der Waals surface area contributed by atoms with Crippen molar-refractivity contribution in [3.05, 3.63) is 114 Å². The van der Waals surface area contributed by atoms with Gasteiger partial charge in [-0.15, -0.1) is 0 Å². The lowest BCUT2D eigenvalue weighted by Gasteiger charge is -2.07. The molecule has 0 bridgehead atoms. The van der Waals surface area contributed by atoms with Crippen molar-refractivity contribution in [3.8, 4) is 5.75 Å². The van der Waals surface area contributed by atoms with Crippen LogP contribution >= 0.6 is 0 Å². The van der Waals surface area contributed by atoms with Crippen molar-refractivity contribution in [2.75, 3.05) is 5.32 Å². The molecule has 0 radical (unpaired) electrons. The molecule has 6 heteroatoms. The Bertz CT molecular complexity index is 1110. The second kappa shape index (κ2) is 9.05. The minimum atomic E-state index is -0.302. The molecule has 0 fully saturated rings. The highest BCUT2D eigenvalue weighted by Gasteiger charge is 2.08. The average Bonchev–Trinajstić information content (AvgIpc) is 3.21. The zero-order valence-corrected chi connectivity index (χ0v) is 16.2. The number of carbonyl (C=O) groups is 1. The maximum atomic E-state index is 12.9. The first-order chi connectivity index (χ1) is 14.7. The molecule has 3 aromatic carbocycles. The number of nitrogens with one attached hydrogen (secondary N) is 1. The number of amides is 1. The Kier molecular flexibility index (Phi) is 5.85. The maximum Gasteiger partial charge on any atom is 0.255 e. The molecule has 1 N–H and O–H groups in total. The molecule has 0 saturated heterocycles. The van der Waals surface area contributed by atoms with Gasteiger partial charge in [0, 0.05) is 11.8 Å². The first-order valence-corrected chi connectivity index (χ1v) is 9.51.